The molecule has 92 valence electrons. The van der Waals surface area contributed by atoms with Gasteiger partial charge in [0.05, 0.1) is 5.25 Å². The summed E-state index contributed by atoms with van der Waals surface area (Å²) in [6.07, 6.45) is 3.84. The van der Waals surface area contributed by atoms with Gasteiger partial charge in [0.2, 0.25) is 0 Å². The molecule has 1 heterocycles. The van der Waals surface area contributed by atoms with Crippen LogP contribution in [0, 0.1) is 6.92 Å². The topological polar surface area (TPSA) is 39.2 Å². The van der Waals surface area contributed by atoms with Crippen LogP contribution in [-0.2, 0) is 0 Å². The van der Waals surface area contributed by atoms with Gasteiger partial charge in [0, 0.05) is 6.04 Å². The number of nitrogens with two attached hydrogens (primary N) is 1. The predicted molar refractivity (Wildman–Crippen MR) is 71.8 cm³/mol. The van der Waals surface area contributed by atoms with E-state index in [1.54, 1.807) is 0 Å². The van der Waals surface area contributed by atoms with Gasteiger partial charge < -0.3 is 10.2 Å². The van der Waals surface area contributed by atoms with E-state index in [1.165, 1.54) is 25.0 Å². The van der Waals surface area contributed by atoms with Gasteiger partial charge in [-0.2, -0.15) is 0 Å². The summed E-state index contributed by atoms with van der Waals surface area (Å²) in [5.41, 5.74) is 6.01. The molecular weight excluding hydrogens is 218 g/mol. The monoisotopic (exact) mass is 241 g/mol. The zero-order valence-corrected chi connectivity index (χ0v) is 11.3. The van der Waals surface area contributed by atoms with Crippen molar-refractivity contribution in [2.24, 2.45) is 5.73 Å². The standard InChI is InChI=1S/C13H23NOS/c1-4-5-6-9-16-13(11(3)14)12-8-7-10(2)15-12/h7-8,11,13H,4-6,9,14H2,1-3H3. The second-order valence-corrected chi connectivity index (χ2v) is 5.56. The first-order chi connectivity index (χ1) is 7.65. The molecule has 0 aromatic carbocycles. The summed E-state index contributed by atoms with van der Waals surface area (Å²) >= 11 is 1.92. The molecule has 3 heteroatoms. The average molecular weight is 241 g/mol. The fourth-order valence-corrected chi connectivity index (χ4v) is 2.88. The van der Waals surface area contributed by atoms with Crippen molar-refractivity contribution in [3.63, 3.8) is 0 Å². The van der Waals surface area contributed by atoms with E-state index in [2.05, 4.69) is 19.9 Å². The molecule has 2 N–H and O–H groups in total. The molecule has 2 unspecified atom stereocenters. The Labute approximate surface area is 103 Å². The van der Waals surface area contributed by atoms with Gasteiger partial charge in [0.15, 0.2) is 0 Å². The lowest BCUT2D eigenvalue weighted by Gasteiger charge is -2.18. The van der Waals surface area contributed by atoms with Crippen LogP contribution in [0.15, 0.2) is 16.5 Å². The minimum atomic E-state index is 0.136. The molecule has 0 saturated carbocycles. The first-order valence-electron chi connectivity index (χ1n) is 6.08. The van der Waals surface area contributed by atoms with Crippen molar-refractivity contribution >= 4 is 11.8 Å². The Morgan fingerprint density at radius 3 is 2.62 bits per heavy atom. The van der Waals surface area contributed by atoms with E-state index >= 15 is 0 Å². The van der Waals surface area contributed by atoms with Crippen molar-refractivity contribution in [1.29, 1.82) is 0 Å². The van der Waals surface area contributed by atoms with E-state index < -0.39 is 0 Å². The number of rotatable bonds is 7. The molecule has 0 spiro atoms. The van der Waals surface area contributed by atoms with Crippen LogP contribution in [0.5, 0.6) is 0 Å². The maximum absolute atomic E-state index is 6.01. The highest BCUT2D eigenvalue weighted by Crippen LogP contribution is 2.33. The third-order valence-electron chi connectivity index (χ3n) is 2.56. The van der Waals surface area contributed by atoms with Crippen LogP contribution in [0.4, 0.5) is 0 Å². The Morgan fingerprint density at radius 2 is 2.12 bits per heavy atom. The first kappa shape index (κ1) is 13.7. The Balaban J connectivity index is 2.48. The summed E-state index contributed by atoms with van der Waals surface area (Å²) in [4.78, 5) is 0. The predicted octanol–water partition coefficient (Wildman–Crippen LogP) is 3.90. The SMILES string of the molecule is CCCCCSC(c1ccc(C)o1)C(C)N. The van der Waals surface area contributed by atoms with Crippen LogP contribution < -0.4 is 5.73 Å². The van der Waals surface area contributed by atoms with Crippen LogP contribution in [0.1, 0.15) is 49.9 Å². The van der Waals surface area contributed by atoms with Crippen molar-refractivity contribution in [2.75, 3.05) is 5.75 Å². The van der Waals surface area contributed by atoms with Crippen molar-refractivity contribution < 1.29 is 4.42 Å². The molecule has 0 fully saturated rings. The molecule has 0 amide bonds. The summed E-state index contributed by atoms with van der Waals surface area (Å²) in [5, 5.41) is 0.297. The van der Waals surface area contributed by atoms with Crippen LogP contribution in [0.2, 0.25) is 0 Å². The van der Waals surface area contributed by atoms with E-state index in [0.29, 0.717) is 5.25 Å². The lowest BCUT2D eigenvalue weighted by atomic mass is 10.2. The lowest BCUT2D eigenvalue weighted by molar-refractivity contribution is 0.464. The van der Waals surface area contributed by atoms with Crippen molar-refractivity contribution in [1.82, 2.24) is 0 Å². The van der Waals surface area contributed by atoms with Crippen molar-refractivity contribution in [2.45, 2.75) is 51.3 Å². The average Bonchev–Trinajstić information content (AvgIpc) is 2.64. The lowest BCUT2D eigenvalue weighted by Crippen LogP contribution is -2.22. The number of hydrogen-bond acceptors (Lipinski definition) is 3. The second-order valence-electron chi connectivity index (χ2n) is 4.31. The Morgan fingerprint density at radius 1 is 1.38 bits per heavy atom. The Hall–Kier alpha value is -0.410. The van der Waals surface area contributed by atoms with Gasteiger partial charge in [-0.3, -0.25) is 0 Å². The Bertz CT molecular complexity index is 296. The number of hydrogen-bond donors (Lipinski definition) is 1. The van der Waals surface area contributed by atoms with Gasteiger partial charge in [0.25, 0.3) is 0 Å². The molecule has 0 bridgehead atoms. The van der Waals surface area contributed by atoms with Crippen molar-refractivity contribution in [3.05, 3.63) is 23.7 Å². The van der Waals surface area contributed by atoms with E-state index in [0.717, 1.165) is 11.5 Å². The Kier molecular flexibility index (Phi) is 5.99. The number of unbranched alkanes of at least 4 members (excludes halogenated alkanes) is 2. The fourth-order valence-electron chi connectivity index (χ4n) is 1.66. The largest absolute Gasteiger partial charge is 0.465 e. The van der Waals surface area contributed by atoms with Crippen LogP contribution in [-0.4, -0.2) is 11.8 Å². The van der Waals surface area contributed by atoms with Gasteiger partial charge in [-0.1, -0.05) is 19.8 Å². The number of thioether (sulfide) groups is 1. The van der Waals surface area contributed by atoms with E-state index in [1.807, 2.05) is 24.8 Å². The second kappa shape index (κ2) is 7.02. The summed E-state index contributed by atoms with van der Waals surface area (Å²) < 4.78 is 5.66. The minimum absolute atomic E-state index is 0.136. The van der Waals surface area contributed by atoms with Gasteiger partial charge in [0.1, 0.15) is 11.5 Å². The fraction of sp³-hybridized carbons (Fsp3) is 0.692. The molecule has 2 atom stereocenters. The first-order valence-corrected chi connectivity index (χ1v) is 7.13. The molecule has 0 aliphatic carbocycles. The molecule has 0 radical (unpaired) electrons. The highest BCUT2D eigenvalue weighted by Gasteiger charge is 2.19. The third kappa shape index (κ3) is 4.22. The van der Waals surface area contributed by atoms with E-state index in [4.69, 9.17) is 10.2 Å². The van der Waals surface area contributed by atoms with Gasteiger partial charge >= 0.3 is 0 Å². The van der Waals surface area contributed by atoms with Crippen LogP contribution >= 0.6 is 11.8 Å². The van der Waals surface area contributed by atoms with Crippen molar-refractivity contribution in [3.8, 4) is 0 Å². The highest BCUT2D eigenvalue weighted by molar-refractivity contribution is 7.99. The molecular formula is C13H23NOS. The minimum Gasteiger partial charge on any atom is -0.465 e. The van der Waals surface area contributed by atoms with E-state index in [9.17, 15) is 0 Å². The summed E-state index contributed by atoms with van der Waals surface area (Å²) in [6.45, 7) is 6.25. The van der Waals surface area contributed by atoms with Gasteiger partial charge in [-0.05, 0) is 38.2 Å². The smallest absolute Gasteiger partial charge is 0.118 e. The molecule has 1 rings (SSSR count). The summed E-state index contributed by atoms with van der Waals surface area (Å²) in [6, 6.07) is 4.20. The molecule has 0 saturated heterocycles. The molecule has 1 aromatic heterocycles. The number of aryl methyl sites for hydroxylation is 1. The quantitative estimate of drug-likeness (QED) is 0.736. The van der Waals surface area contributed by atoms with Crippen LogP contribution in [0.25, 0.3) is 0 Å². The molecule has 0 aliphatic heterocycles. The van der Waals surface area contributed by atoms with Crippen LogP contribution in [0.3, 0.4) is 0 Å². The zero-order chi connectivity index (χ0) is 12.0. The van der Waals surface area contributed by atoms with E-state index in [-0.39, 0.29) is 6.04 Å². The molecule has 16 heavy (non-hydrogen) atoms. The normalized spacial score (nSPS) is 15.0. The maximum atomic E-state index is 6.01. The molecule has 0 aliphatic rings. The number of furan rings is 1. The van der Waals surface area contributed by atoms with Gasteiger partial charge in [-0.15, -0.1) is 11.8 Å². The summed E-state index contributed by atoms with van der Waals surface area (Å²) in [5.74, 6) is 3.16. The maximum Gasteiger partial charge on any atom is 0.118 e. The molecule has 1 aromatic rings. The van der Waals surface area contributed by atoms with Gasteiger partial charge in [-0.25, -0.2) is 0 Å². The zero-order valence-electron chi connectivity index (χ0n) is 10.5. The highest BCUT2D eigenvalue weighted by atomic mass is 32.2. The summed E-state index contributed by atoms with van der Waals surface area (Å²) in [7, 11) is 0. The molecule has 2 nitrogen and oxygen atoms in total. The third-order valence-corrected chi connectivity index (χ3v) is 4.11.